The molecule has 0 aliphatic heterocycles. The number of hydrogen-bond acceptors (Lipinski definition) is 7. The highest BCUT2D eigenvalue weighted by molar-refractivity contribution is 6.11. The molecule has 6 N–H and O–H groups in total. The van der Waals surface area contributed by atoms with Gasteiger partial charge < -0.3 is 26.4 Å². The third-order valence-electron chi connectivity index (χ3n) is 4.87. The number of phenols is 1. The zero-order valence-corrected chi connectivity index (χ0v) is 16.8. The topological polar surface area (TPSA) is 141 Å². The minimum absolute atomic E-state index is 0.0289. The molecule has 0 atom stereocenters. The van der Waals surface area contributed by atoms with Gasteiger partial charge >= 0.3 is 0 Å². The summed E-state index contributed by atoms with van der Waals surface area (Å²) in [7, 11) is 0. The number of carbonyl (C=O) groups excluding carboxylic acids is 1. The van der Waals surface area contributed by atoms with Crippen molar-refractivity contribution in [2.45, 2.75) is 6.29 Å². The predicted molar refractivity (Wildman–Crippen MR) is 122 cm³/mol. The number of amides is 1. The lowest BCUT2D eigenvalue weighted by Gasteiger charge is -2.12. The van der Waals surface area contributed by atoms with Crippen LogP contribution in [0.5, 0.6) is 5.75 Å². The van der Waals surface area contributed by atoms with E-state index in [4.69, 9.17) is 5.73 Å². The number of nitrogens with zero attached hydrogens (tertiary/aromatic N) is 2. The summed E-state index contributed by atoms with van der Waals surface area (Å²) in [6, 6.07) is 21.6. The van der Waals surface area contributed by atoms with Crippen LogP contribution in [0.4, 0.5) is 22.7 Å². The molecule has 4 aromatic rings. The minimum atomic E-state index is -1.60. The second kappa shape index (κ2) is 8.84. The fourth-order valence-corrected chi connectivity index (χ4v) is 3.18. The van der Waals surface area contributed by atoms with Crippen LogP contribution in [0, 0.1) is 0 Å². The summed E-state index contributed by atoms with van der Waals surface area (Å²) in [5, 5.41) is 41.7. The first-order valence-electron chi connectivity index (χ1n) is 9.72. The summed E-state index contributed by atoms with van der Waals surface area (Å²) in [5.41, 5.74) is 7.75. The molecule has 0 aromatic heterocycles. The number of nitrogen functional groups attached to an aromatic ring is 1. The Morgan fingerprint density at radius 3 is 2.28 bits per heavy atom. The van der Waals surface area contributed by atoms with Crippen LogP contribution in [0.15, 0.2) is 89.1 Å². The van der Waals surface area contributed by atoms with Crippen molar-refractivity contribution < 1.29 is 20.1 Å². The summed E-state index contributed by atoms with van der Waals surface area (Å²) in [6.45, 7) is 0. The molecule has 1 amide bonds. The molecule has 0 heterocycles. The van der Waals surface area contributed by atoms with E-state index in [1.807, 2.05) is 12.1 Å². The normalized spacial score (nSPS) is 11.3. The van der Waals surface area contributed by atoms with Crippen molar-refractivity contribution in [1.29, 1.82) is 0 Å². The Morgan fingerprint density at radius 1 is 0.906 bits per heavy atom. The van der Waals surface area contributed by atoms with E-state index in [1.165, 1.54) is 24.3 Å². The zero-order valence-electron chi connectivity index (χ0n) is 16.8. The van der Waals surface area contributed by atoms with Crippen LogP contribution in [0.1, 0.15) is 22.2 Å². The molecule has 8 nitrogen and oxygen atoms in total. The Labute approximate surface area is 183 Å². The first-order chi connectivity index (χ1) is 15.4. The third kappa shape index (κ3) is 4.41. The first kappa shape index (κ1) is 21.0. The molecule has 4 aromatic carbocycles. The smallest absolute Gasteiger partial charge is 0.259 e. The number of phenolic OH excluding ortho intramolecular Hbond substituents is 1. The Morgan fingerprint density at radius 2 is 1.59 bits per heavy atom. The van der Waals surface area contributed by atoms with Crippen molar-refractivity contribution in [3.8, 4) is 5.75 Å². The van der Waals surface area contributed by atoms with Crippen LogP contribution in [0.25, 0.3) is 10.8 Å². The maximum absolute atomic E-state index is 12.9. The standard InChI is InChI=1S/C24H20N4O4/c25-16-7-11-18(12-8-16)27-28-21-19-4-2-1-3-15(19)13-20(22(21)29)23(30)26-17-9-5-14(6-10-17)24(31)32/h1-13,24,29,31-32H,25H2,(H,26,30). The number of benzene rings is 4. The van der Waals surface area contributed by atoms with E-state index < -0.39 is 12.2 Å². The maximum atomic E-state index is 12.9. The van der Waals surface area contributed by atoms with Crippen LogP contribution in [-0.4, -0.2) is 21.2 Å². The number of anilines is 2. The van der Waals surface area contributed by atoms with Crippen molar-refractivity contribution in [2.75, 3.05) is 11.1 Å². The molecule has 32 heavy (non-hydrogen) atoms. The van der Waals surface area contributed by atoms with E-state index in [0.717, 1.165) is 0 Å². The lowest BCUT2D eigenvalue weighted by Crippen LogP contribution is -2.12. The van der Waals surface area contributed by atoms with Gasteiger partial charge in [0.15, 0.2) is 12.0 Å². The van der Waals surface area contributed by atoms with E-state index in [1.54, 1.807) is 42.5 Å². The predicted octanol–water partition coefficient (Wildman–Crippen LogP) is 4.78. The number of aliphatic hydroxyl groups is 2. The molecular weight excluding hydrogens is 408 g/mol. The molecule has 0 saturated heterocycles. The average Bonchev–Trinajstić information content (AvgIpc) is 2.79. The zero-order chi connectivity index (χ0) is 22.7. The Kier molecular flexibility index (Phi) is 5.80. The van der Waals surface area contributed by atoms with Crippen LogP contribution >= 0.6 is 0 Å². The van der Waals surface area contributed by atoms with Gasteiger partial charge in [-0.3, -0.25) is 4.79 Å². The van der Waals surface area contributed by atoms with Gasteiger partial charge in [-0.05, 0) is 47.9 Å². The second-order valence-electron chi connectivity index (χ2n) is 7.08. The summed E-state index contributed by atoms with van der Waals surface area (Å²) in [4.78, 5) is 12.9. The fraction of sp³-hybridized carbons (Fsp3) is 0.0417. The Bertz CT molecular complexity index is 1300. The molecule has 4 rings (SSSR count). The summed E-state index contributed by atoms with van der Waals surface area (Å²) in [6.07, 6.45) is -1.60. The molecule has 8 heteroatoms. The highest BCUT2D eigenvalue weighted by Gasteiger charge is 2.18. The van der Waals surface area contributed by atoms with Crippen LogP contribution in [0.2, 0.25) is 0 Å². The van der Waals surface area contributed by atoms with Crippen molar-refractivity contribution >= 4 is 39.4 Å². The van der Waals surface area contributed by atoms with E-state index in [2.05, 4.69) is 15.5 Å². The number of hydrogen-bond donors (Lipinski definition) is 5. The highest BCUT2D eigenvalue weighted by atomic mass is 16.5. The molecular formula is C24H20N4O4. The van der Waals surface area contributed by atoms with Crippen molar-refractivity contribution in [3.63, 3.8) is 0 Å². The van der Waals surface area contributed by atoms with Gasteiger partial charge in [-0.2, -0.15) is 5.11 Å². The second-order valence-corrected chi connectivity index (χ2v) is 7.08. The number of aliphatic hydroxyl groups excluding tert-OH is 1. The largest absolute Gasteiger partial charge is 0.505 e. The van der Waals surface area contributed by atoms with E-state index in [-0.39, 0.29) is 17.0 Å². The Hall–Kier alpha value is -4.27. The molecule has 160 valence electrons. The van der Waals surface area contributed by atoms with Crippen LogP contribution in [0.3, 0.4) is 0 Å². The summed E-state index contributed by atoms with van der Waals surface area (Å²) >= 11 is 0. The van der Waals surface area contributed by atoms with Gasteiger partial charge in [0.2, 0.25) is 0 Å². The van der Waals surface area contributed by atoms with Gasteiger partial charge in [-0.25, -0.2) is 0 Å². The lowest BCUT2D eigenvalue weighted by atomic mass is 10.0. The molecule has 0 unspecified atom stereocenters. The molecule has 0 radical (unpaired) electrons. The fourth-order valence-electron chi connectivity index (χ4n) is 3.18. The van der Waals surface area contributed by atoms with Crippen molar-refractivity contribution in [2.24, 2.45) is 10.2 Å². The SMILES string of the molecule is Nc1ccc(N=Nc2c(O)c(C(=O)Nc3ccc(C(O)O)cc3)cc3ccccc23)cc1. The Balaban J connectivity index is 1.71. The summed E-state index contributed by atoms with van der Waals surface area (Å²) in [5.74, 6) is -0.850. The van der Waals surface area contributed by atoms with E-state index in [9.17, 15) is 20.1 Å². The van der Waals surface area contributed by atoms with E-state index >= 15 is 0 Å². The van der Waals surface area contributed by atoms with Crippen LogP contribution < -0.4 is 11.1 Å². The number of rotatable bonds is 5. The number of fused-ring (bicyclic) bond motifs is 1. The lowest BCUT2D eigenvalue weighted by molar-refractivity contribution is -0.0424. The highest BCUT2D eigenvalue weighted by Crippen LogP contribution is 2.39. The van der Waals surface area contributed by atoms with Gasteiger partial charge in [0.25, 0.3) is 5.91 Å². The van der Waals surface area contributed by atoms with Crippen molar-refractivity contribution in [1.82, 2.24) is 0 Å². The number of nitrogens with two attached hydrogens (primary N) is 1. The third-order valence-corrected chi connectivity index (χ3v) is 4.87. The number of azo groups is 1. The van der Waals surface area contributed by atoms with Gasteiger partial charge in [0, 0.05) is 22.3 Å². The van der Waals surface area contributed by atoms with Crippen molar-refractivity contribution in [3.05, 3.63) is 90.0 Å². The molecule has 0 aliphatic rings. The summed E-state index contributed by atoms with van der Waals surface area (Å²) < 4.78 is 0. The maximum Gasteiger partial charge on any atom is 0.259 e. The molecule has 0 spiro atoms. The monoisotopic (exact) mass is 428 g/mol. The average molecular weight is 428 g/mol. The minimum Gasteiger partial charge on any atom is -0.505 e. The van der Waals surface area contributed by atoms with Crippen LogP contribution in [-0.2, 0) is 0 Å². The first-order valence-corrected chi connectivity index (χ1v) is 9.72. The molecule has 0 bridgehead atoms. The van der Waals surface area contributed by atoms with Gasteiger partial charge in [-0.1, -0.05) is 36.4 Å². The number of carbonyl (C=O) groups is 1. The van der Waals surface area contributed by atoms with E-state index in [0.29, 0.717) is 33.4 Å². The molecule has 0 fully saturated rings. The van der Waals surface area contributed by atoms with Gasteiger partial charge in [-0.15, -0.1) is 5.11 Å². The quantitative estimate of drug-likeness (QED) is 0.177. The molecule has 0 saturated carbocycles. The number of nitrogens with one attached hydrogen (secondary N) is 1. The number of aromatic hydroxyl groups is 1. The molecule has 0 aliphatic carbocycles. The van der Waals surface area contributed by atoms with Gasteiger partial charge in [0.1, 0.15) is 5.69 Å². The van der Waals surface area contributed by atoms with Gasteiger partial charge in [0.05, 0.1) is 11.3 Å².